The van der Waals surface area contributed by atoms with Gasteiger partial charge in [0.15, 0.2) is 5.75 Å². The molecule has 1 aromatic rings. The Bertz CT molecular complexity index is 419. The lowest BCUT2D eigenvalue weighted by Crippen LogP contribution is -2.09. The molecule has 1 rings (SSSR count). The minimum absolute atomic E-state index is 0.00821. The number of aromatic nitrogens is 1. The van der Waals surface area contributed by atoms with Crippen molar-refractivity contribution in [2.75, 3.05) is 13.7 Å². The Labute approximate surface area is 124 Å². The van der Waals surface area contributed by atoms with Gasteiger partial charge in [-0.2, -0.15) is 0 Å². The Morgan fingerprint density at radius 3 is 2.18 bits per heavy atom. The molecule has 96 valence electrons. The van der Waals surface area contributed by atoms with Crippen molar-refractivity contribution in [1.29, 1.82) is 0 Å². The van der Waals surface area contributed by atoms with E-state index in [1.165, 1.54) is 7.11 Å². The molecule has 0 aliphatic carbocycles. The van der Waals surface area contributed by atoms with Crippen molar-refractivity contribution < 1.29 is 9.47 Å². The van der Waals surface area contributed by atoms with E-state index in [-0.39, 0.29) is 27.4 Å². The second-order valence-electron chi connectivity index (χ2n) is 2.86. The summed E-state index contributed by atoms with van der Waals surface area (Å²) in [7, 11) is 1.39. The number of nitrogens with zero attached hydrogens (tertiary/aromatic N) is 1. The molecule has 17 heavy (non-hydrogen) atoms. The third-order valence-corrected chi connectivity index (χ3v) is 2.98. The van der Waals surface area contributed by atoms with E-state index in [1.54, 1.807) is 6.92 Å². The molecule has 3 nitrogen and oxygen atoms in total. The molecule has 0 saturated heterocycles. The van der Waals surface area contributed by atoms with Crippen molar-refractivity contribution in [2.24, 2.45) is 0 Å². The Balaban J connectivity index is 3.47. The molecule has 0 unspecified atom stereocenters. The average molecular weight is 339 g/mol. The highest BCUT2D eigenvalue weighted by atomic mass is 35.6. The molecule has 0 atom stereocenters. The van der Waals surface area contributed by atoms with Crippen LogP contribution in [-0.2, 0) is 3.79 Å². The molecular weight excluding hydrogens is 331 g/mol. The first-order valence-electron chi connectivity index (χ1n) is 4.45. The van der Waals surface area contributed by atoms with Gasteiger partial charge in [-0.05, 0) is 6.92 Å². The molecule has 1 aromatic heterocycles. The molecule has 1 heterocycles. The van der Waals surface area contributed by atoms with Crippen LogP contribution in [0.1, 0.15) is 12.6 Å². The summed E-state index contributed by atoms with van der Waals surface area (Å²) in [5, 5.41) is 0.179. The number of hydrogen-bond donors (Lipinski definition) is 0. The minimum Gasteiger partial charge on any atom is -0.493 e. The Hall–Kier alpha value is 0.200. The third kappa shape index (κ3) is 3.36. The van der Waals surface area contributed by atoms with E-state index in [0.717, 1.165) is 0 Å². The lowest BCUT2D eigenvalue weighted by molar-refractivity contribution is 0.322. The van der Waals surface area contributed by atoms with E-state index in [9.17, 15) is 0 Å². The zero-order valence-corrected chi connectivity index (χ0v) is 12.6. The summed E-state index contributed by atoms with van der Waals surface area (Å²) in [4.78, 5) is 3.98. The van der Waals surface area contributed by atoms with Crippen molar-refractivity contribution >= 4 is 58.0 Å². The third-order valence-electron chi connectivity index (χ3n) is 1.76. The first-order valence-corrected chi connectivity index (χ1v) is 6.34. The lowest BCUT2D eigenvalue weighted by Gasteiger charge is -2.17. The standard InChI is InChI=1S/C9H8Cl5NO2/c1-3-17-8-5(11)6(16-2)4(10)7(15-8)9(12,13)14/h3H2,1-2H3. The summed E-state index contributed by atoms with van der Waals surface area (Å²) >= 11 is 29.2. The van der Waals surface area contributed by atoms with E-state index < -0.39 is 3.79 Å². The van der Waals surface area contributed by atoms with Gasteiger partial charge in [-0.15, -0.1) is 0 Å². The van der Waals surface area contributed by atoms with Crippen molar-refractivity contribution in [3.8, 4) is 11.6 Å². The summed E-state index contributed by atoms with van der Waals surface area (Å²) in [5.41, 5.74) is 0.00821. The summed E-state index contributed by atoms with van der Waals surface area (Å²) in [5.74, 6) is 0.268. The SMILES string of the molecule is CCOc1nc(C(Cl)(Cl)Cl)c(Cl)c(OC)c1Cl. The van der Waals surface area contributed by atoms with Crippen LogP contribution in [-0.4, -0.2) is 18.7 Å². The average Bonchev–Trinajstić information content (AvgIpc) is 2.21. The monoisotopic (exact) mass is 337 g/mol. The van der Waals surface area contributed by atoms with Gasteiger partial charge in [-0.1, -0.05) is 58.0 Å². The maximum absolute atomic E-state index is 5.99. The van der Waals surface area contributed by atoms with Crippen LogP contribution in [0.3, 0.4) is 0 Å². The molecule has 0 radical (unpaired) electrons. The fourth-order valence-electron chi connectivity index (χ4n) is 1.10. The van der Waals surface area contributed by atoms with Gasteiger partial charge in [0.2, 0.25) is 9.67 Å². The van der Waals surface area contributed by atoms with Gasteiger partial charge in [0.1, 0.15) is 15.7 Å². The van der Waals surface area contributed by atoms with E-state index >= 15 is 0 Å². The van der Waals surface area contributed by atoms with Crippen molar-refractivity contribution in [3.05, 3.63) is 15.7 Å². The van der Waals surface area contributed by atoms with Crippen LogP contribution in [0.4, 0.5) is 0 Å². The Morgan fingerprint density at radius 1 is 1.18 bits per heavy atom. The van der Waals surface area contributed by atoms with E-state index in [2.05, 4.69) is 4.98 Å². The second kappa shape index (κ2) is 5.89. The number of halogens is 5. The normalized spacial score (nSPS) is 11.5. The number of methoxy groups -OCH3 is 1. The zero-order chi connectivity index (χ0) is 13.2. The highest BCUT2D eigenvalue weighted by molar-refractivity contribution is 6.67. The van der Waals surface area contributed by atoms with E-state index in [1.807, 2.05) is 0 Å². The smallest absolute Gasteiger partial charge is 0.236 e. The first-order chi connectivity index (χ1) is 7.82. The number of pyridine rings is 1. The van der Waals surface area contributed by atoms with Crippen LogP contribution in [0.5, 0.6) is 11.6 Å². The molecule has 0 fully saturated rings. The van der Waals surface area contributed by atoms with Crippen LogP contribution in [0, 0.1) is 0 Å². The Kier molecular flexibility index (Phi) is 5.29. The molecule has 0 saturated carbocycles. The van der Waals surface area contributed by atoms with E-state index in [0.29, 0.717) is 6.61 Å². The highest BCUT2D eigenvalue weighted by Gasteiger charge is 2.32. The zero-order valence-electron chi connectivity index (χ0n) is 8.86. The van der Waals surface area contributed by atoms with Gasteiger partial charge in [0, 0.05) is 0 Å². The fraction of sp³-hybridized carbons (Fsp3) is 0.444. The molecule has 0 spiro atoms. The van der Waals surface area contributed by atoms with Gasteiger partial charge in [0.05, 0.1) is 13.7 Å². The molecule has 0 bridgehead atoms. The van der Waals surface area contributed by atoms with Crippen LogP contribution < -0.4 is 9.47 Å². The predicted octanol–water partition coefficient (Wildman–Crippen LogP) is 4.62. The summed E-state index contributed by atoms with van der Waals surface area (Å²) in [6, 6.07) is 0. The maximum Gasteiger partial charge on any atom is 0.236 e. The van der Waals surface area contributed by atoms with E-state index in [4.69, 9.17) is 67.5 Å². The van der Waals surface area contributed by atoms with Crippen LogP contribution >= 0.6 is 58.0 Å². The van der Waals surface area contributed by atoms with Crippen LogP contribution in [0.15, 0.2) is 0 Å². The maximum atomic E-state index is 5.99. The highest BCUT2D eigenvalue weighted by Crippen LogP contribution is 2.48. The van der Waals surface area contributed by atoms with Crippen molar-refractivity contribution in [2.45, 2.75) is 10.7 Å². The fourth-order valence-corrected chi connectivity index (χ4v) is 2.33. The summed E-state index contributed by atoms with van der Waals surface area (Å²) in [6.45, 7) is 2.13. The summed E-state index contributed by atoms with van der Waals surface area (Å²) < 4.78 is 8.46. The molecule has 0 N–H and O–H groups in total. The topological polar surface area (TPSA) is 31.4 Å². The minimum atomic E-state index is -1.79. The molecule has 0 aliphatic rings. The summed E-state index contributed by atoms with van der Waals surface area (Å²) in [6.07, 6.45) is 0. The van der Waals surface area contributed by atoms with Crippen molar-refractivity contribution in [1.82, 2.24) is 4.98 Å². The largest absolute Gasteiger partial charge is 0.493 e. The first kappa shape index (κ1) is 15.3. The van der Waals surface area contributed by atoms with Crippen LogP contribution in [0.25, 0.3) is 0 Å². The number of alkyl halides is 3. The molecule has 0 aliphatic heterocycles. The van der Waals surface area contributed by atoms with Gasteiger partial charge >= 0.3 is 0 Å². The van der Waals surface area contributed by atoms with Crippen molar-refractivity contribution in [3.63, 3.8) is 0 Å². The molecular formula is C9H8Cl5NO2. The van der Waals surface area contributed by atoms with Gasteiger partial charge < -0.3 is 9.47 Å². The number of rotatable bonds is 3. The van der Waals surface area contributed by atoms with Gasteiger partial charge in [-0.3, -0.25) is 0 Å². The molecule has 8 heteroatoms. The lowest BCUT2D eigenvalue weighted by atomic mass is 10.3. The Morgan fingerprint density at radius 2 is 1.76 bits per heavy atom. The predicted molar refractivity (Wildman–Crippen MR) is 71.2 cm³/mol. The second-order valence-corrected chi connectivity index (χ2v) is 5.89. The van der Waals surface area contributed by atoms with Gasteiger partial charge in [-0.25, -0.2) is 4.98 Å². The number of ether oxygens (including phenoxy) is 2. The molecule has 0 aromatic carbocycles. The van der Waals surface area contributed by atoms with Gasteiger partial charge in [0.25, 0.3) is 0 Å². The number of hydrogen-bond acceptors (Lipinski definition) is 3. The van der Waals surface area contributed by atoms with Crippen LogP contribution in [0.2, 0.25) is 10.0 Å². The molecule has 0 amide bonds. The quantitative estimate of drug-likeness (QED) is 0.753.